The predicted octanol–water partition coefficient (Wildman–Crippen LogP) is -0.275. The molecule has 1 heterocycles. The molecule has 0 radical (unpaired) electrons. The van der Waals surface area contributed by atoms with Crippen LogP contribution in [-0.2, 0) is 19.1 Å². The molecule has 0 bridgehead atoms. The molecule has 0 unspecified atom stereocenters. The number of rotatable bonds is 3. The number of esters is 2. The molecular formula is C11H17N3O5. The first-order valence-electron chi connectivity index (χ1n) is 5.78. The number of carbonyl (C=O) groups excluding carboxylic acids is 3. The third kappa shape index (κ3) is 3.21. The molecule has 2 amide bonds. The van der Waals surface area contributed by atoms with Gasteiger partial charge in [0, 0.05) is 0 Å². The predicted molar refractivity (Wildman–Crippen MR) is 65.0 cm³/mol. The van der Waals surface area contributed by atoms with Crippen molar-refractivity contribution in [2.75, 3.05) is 20.3 Å². The maximum Gasteiger partial charge on any atom is 0.335 e. The van der Waals surface area contributed by atoms with Crippen molar-refractivity contribution in [3.63, 3.8) is 0 Å². The Kier molecular flexibility index (Phi) is 4.85. The first kappa shape index (κ1) is 14.9. The molecule has 0 saturated heterocycles. The van der Waals surface area contributed by atoms with Crippen LogP contribution in [0.1, 0.15) is 13.8 Å². The number of urea groups is 1. The van der Waals surface area contributed by atoms with Gasteiger partial charge < -0.3 is 15.2 Å². The van der Waals surface area contributed by atoms with E-state index in [1.54, 1.807) is 6.92 Å². The second kappa shape index (κ2) is 6.17. The van der Waals surface area contributed by atoms with Gasteiger partial charge in [-0.1, -0.05) is 0 Å². The lowest BCUT2D eigenvalue weighted by molar-refractivity contribution is -0.157. The van der Waals surface area contributed by atoms with Crippen molar-refractivity contribution in [1.29, 1.82) is 0 Å². The number of hydrazone groups is 1. The molecule has 19 heavy (non-hydrogen) atoms. The first-order chi connectivity index (χ1) is 8.92. The van der Waals surface area contributed by atoms with Gasteiger partial charge >= 0.3 is 18.0 Å². The summed E-state index contributed by atoms with van der Waals surface area (Å²) in [6, 6.07) is -0.796. The van der Waals surface area contributed by atoms with Crippen LogP contribution in [0.5, 0.6) is 0 Å². The summed E-state index contributed by atoms with van der Waals surface area (Å²) in [4.78, 5) is 34.7. The van der Waals surface area contributed by atoms with E-state index in [1.165, 1.54) is 14.0 Å². The third-order valence-electron chi connectivity index (χ3n) is 2.80. The van der Waals surface area contributed by atoms with Crippen molar-refractivity contribution in [3.8, 4) is 0 Å². The van der Waals surface area contributed by atoms with Crippen molar-refractivity contribution in [3.05, 3.63) is 0 Å². The SMILES string of the molecule is CCOC(=O)[C@H]1C(C)=NN(C(N)=O)C[C@@H]1C(=O)OC. The average Bonchev–Trinajstić information content (AvgIpc) is 2.36. The van der Waals surface area contributed by atoms with Gasteiger partial charge in [0.2, 0.25) is 0 Å². The number of ether oxygens (including phenoxy) is 2. The van der Waals surface area contributed by atoms with Crippen LogP contribution in [0.4, 0.5) is 4.79 Å². The van der Waals surface area contributed by atoms with Crippen LogP contribution in [0.25, 0.3) is 0 Å². The van der Waals surface area contributed by atoms with E-state index in [1.807, 2.05) is 0 Å². The zero-order valence-corrected chi connectivity index (χ0v) is 11.1. The Labute approximate surface area is 110 Å². The van der Waals surface area contributed by atoms with Gasteiger partial charge in [0.25, 0.3) is 0 Å². The molecule has 1 rings (SSSR count). The van der Waals surface area contributed by atoms with Gasteiger partial charge in [-0.2, -0.15) is 5.10 Å². The number of carbonyl (C=O) groups is 3. The maximum absolute atomic E-state index is 11.9. The van der Waals surface area contributed by atoms with Crippen molar-refractivity contribution in [1.82, 2.24) is 5.01 Å². The molecule has 1 aliphatic rings. The quantitative estimate of drug-likeness (QED) is 0.710. The second-order valence-corrected chi connectivity index (χ2v) is 4.02. The molecule has 0 aromatic rings. The fraction of sp³-hybridized carbons (Fsp3) is 0.636. The van der Waals surface area contributed by atoms with Crippen LogP contribution < -0.4 is 5.73 Å². The standard InChI is InChI=1S/C11H17N3O5/c1-4-19-10(16)8-6(2)13-14(11(12)17)5-7(8)9(15)18-3/h7-8H,4-5H2,1-3H3,(H2,12,17)/t7-,8-/m0/s1. The Morgan fingerprint density at radius 3 is 2.53 bits per heavy atom. The van der Waals surface area contributed by atoms with Crippen LogP contribution >= 0.6 is 0 Å². The lowest BCUT2D eigenvalue weighted by Gasteiger charge is -2.31. The summed E-state index contributed by atoms with van der Waals surface area (Å²) >= 11 is 0. The molecule has 8 heteroatoms. The normalized spacial score (nSPS) is 22.5. The van der Waals surface area contributed by atoms with E-state index in [0.29, 0.717) is 5.71 Å². The Hall–Kier alpha value is -2.12. The van der Waals surface area contributed by atoms with Crippen LogP contribution in [-0.4, -0.2) is 49.0 Å². The largest absolute Gasteiger partial charge is 0.469 e. The van der Waals surface area contributed by atoms with Crippen LogP contribution in [0.2, 0.25) is 0 Å². The Balaban J connectivity index is 3.08. The lowest BCUT2D eigenvalue weighted by atomic mass is 9.87. The first-order valence-corrected chi connectivity index (χ1v) is 5.78. The van der Waals surface area contributed by atoms with Crippen LogP contribution in [0.3, 0.4) is 0 Å². The number of hydrogen-bond donors (Lipinski definition) is 1. The summed E-state index contributed by atoms with van der Waals surface area (Å²) in [5.74, 6) is -2.90. The molecule has 1 aliphatic heterocycles. The molecule has 0 aromatic heterocycles. The average molecular weight is 271 g/mol. The van der Waals surface area contributed by atoms with E-state index in [-0.39, 0.29) is 13.2 Å². The highest BCUT2D eigenvalue weighted by Gasteiger charge is 2.42. The van der Waals surface area contributed by atoms with Gasteiger partial charge in [0.1, 0.15) is 5.92 Å². The Morgan fingerprint density at radius 2 is 2.05 bits per heavy atom. The molecule has 2 atom stereocenters. The lowest BCUT2D eigenvalue weighted by Crippen LogP contribution is -2.49. The monoisotopic (exact) mass is 271 g/mol. The summed E-state index contributed by atoms with van der Waals surface area (Å²) in [5.41, 5.74) is 5.42. The molecule has 0 fully saturated rings. The zero-order valence-electron chi connectivity index (χ0n) is 11.1. The van der Waals surface area contributed by atoms with E-state index in [0.717, 1.165) is 5.01 Å². The number of nitrogens with two attached hydrogens (primary N) is 1. The number of methoxy groups -OCH3 is 1. The summed E-state index contributed by atoms with van der Waals surface area (Å²) in [7, 11) is 1.21. The number of amides is 2. The molecule has 0 spiro atoms. The number of hydrogen-bond acceptors (Lipinski definition) is 6. The van der Waals surface area contributed by atoms with Gasteiger partial charge in [0.15, 0.2) is 0 Å². The molecule has 106 valence electrons. The summed E-state index contributed by atoms with van der Waals surface area (Å²) in [6.07, 6.45) is 0. The number of nitrogens with zero attached hydrogens (tertiary/aromatic N) is 2. The molecule has 0 saturated carbocycles. The smallest absolute Gasteiger partial charge is 0.335 e. The maximum atomic E-state index is 11.9. The minimum Gasteiger partial charge on any atom is -0.469 e. The van der Waals surface area contributed by atoms with Crippen molar-refractivity contribution in [2.24, 2.45) is 22.7 Å². The summed E-state index contributed by atoms with van der Waals surface area (Å²) < 4.78 is 9.55. The van der Waals surface area contributed by atoms with Crippen molar-refractivity contribution < 1.29 is 23.9 Å². The van der Waals surface area contributed by atoms with Crippen LogP contribution in [0.15, 0.2) is 5.10 Å². The minimum absolute atomic E-state index is 0.108. The fourth-order valence-electron chi connectivity index (χ4n) is 1.94. The summed E-state index contributed by atoms with van der Waals surface area (Å²) in [6.45, 7) is 3.28. The summed E-state index contributed by atoms with van der Waals surface area (Å²) in [5, 5.41) is 4.84. The third-order valence-corrected chi connectivity index (χ3v) is 2.80. The molecule has 8 nitrogen and oxygen atoms in total. The highest BCUT2D eigenvalue weighted by atomic mass is 16.5. The van der Waals surface area contributed by atoms with E-state index in [4.69, 9.17) is 10.5 Å². The highest BCUT2D eigenvalue weighted by Crippen LogP contribution is 2.24. The Bertz CT molecular complexity index is 421. The van der Waals surface area contributed by atoms with E-state index >= 15 is 0 Å². The van der Waals surface area contributed by atoms with Crippen molar-refractivity contribution in [2.45, 2.75) is 13.8 Å². The Morgan fingerprint density at radius 1 is 1.42 bits per heavy atom. The minimum atomic E-state index is -0.867. The van der Waals surface area contributed by atoms with E-state index < -0.39 is 29.8 Å². The molecule has 2 N–H and O–H groups in total. The number of primary amides is 1. The molecular weight excluding hydrogens is 254 g/mol. The van der Waals surface area contributed by atoms with Crippen molar-refractivity contribution >= 4 is 23.7 Å². The van der Waals surface area contributed by atoms with E-state index in [9.17, 15) is 14.4 Å². The zero-order chi connectivity index (χ0) is 14.6. The van der Waals surface area contributed by atoms with E-state index in [2.05, 4.69) is 9.84 Å². The topological polar surface area (TPSA) is 111 Å². The van der Waals surface area contributed by atoms with Crippen LogP contribution in [0, 0.1) is 11.8 Å². The molecule has 0 aliphatic carbocycles. The van der Waals surface area contributed by atoms with Gasteiger partial charge in [0.05, 0.1) is 31.9 Å². The molecule has 0 aromatic carbocycles. The highest BCUT2D eigenvalue weighted by molar-refractivity contribution is 6.05. The van der Waals surface area contributed by atoms with Gasteiger partial charge in [-0.15, -0.1) is 0 Å². The van der Waals surface area contributed by atoms with Gasteiger partial charge in [-0.05, 0) is 13.8 Å². The second-order valence-electron chi connectivity index (χ2n) is 4.02. The fourth-order valence-corrected chi connectivity index (χ4v) is 1.94. The van der Waals surface area contributed by atoms with Gasteiger partial charge in [-0.25, -0.2) is 9.80 Å². The van der Waals surface area contributed by atoms with Gasteiger partial charge in [-0.3, -0.25) is 9.59 Å².